The van der Waals surface area contributed by atoms with Gasteiger partial charge in [-0.25, -0.2) is 9.97 Å². The number of carbonyl (C=O) groups excluding carboxylic acids is 1. The number of halogens is 2. The molecule has 0 bridgehead atoms. The van der Waals surface area contributed by atoms with E-state index >= 15 is 0 Å². The van der Waals surface area contributed by atoms with Crippen molar-refractivity contribution in [1.29, 1.82) is 0 Å². The average Bonchev–Trinajstić information content (AvgIpc) is 2.53. The lowest BCUT2D eigenvalue weighted by molar-refractivity contribution is -0.114. The Kier molecular flexibility index (Phi) is 5.81. The first-order valence-electron chi connectivity index (χ1n) is 7.43. The van der Waals surface area contributed by atoms with Crippen LogP contribution >= 0.6 is 0 Å². The second-order valence-electron chi connectivity index (χ2n) is 5.24. The summed E-state index contributed by atoms with van der Waals surface area (Å²) >= 11 is 0. The summed E-state index contributed by atoms with van der Waals surface area (Å²) in [5.74, 6) is -2.68. The molecule has 25 heavy (non-hydrogen) atoms. The summed E-state index contributed by atoms with van der Waals surface area (Å²) in [6.07, 6.45) is 1.35. The number of aliphatic hydroxyl groups excluding tert-OH is 1. The van der Waals surface area contributed by atoms with Crippen molar-refractivity contribution in [1.82, 2.24) is 9.97 Å². The molecule has 2 rings (SSSR count). The van der Waals surface area contributed by atoms with Crippen molar-refractivity contribution in [3.8, 4) is 5.75 Å². The highest BCUT2D eigenvalue weighted by atomic mass is 19.3. The van der Waals surface area contributed by atoms with Crippen LogP contribution in [0.25, 0.3) is 0 Å². The van der Waals surface area contributed by atoms with Gasteiger partial charge in [0.05, 0.1) is 18.5 Å². The van der Waals surface area contributed by atoms with Crippen molar-refractivity contribution < 1.29 is 23.4 Å². The van der Waals surface area contributed by atoms with E-state index in [1.807, 2.05) is 0 Å². The minimum atomic E-state index is -3.08. The first-order valence-corrected chi connectivity index (χ1v) is 7.43. The molecule has 0 saturated heterocycles. The Balaban J connectivity index is 2.33. The van der Waals surface area contributed by atoms with Gasteiger partial charge >= 0.3 is 0 Å². The third-order valence-corrected chi connectivity index (χ3v) is 2.98. The molecule has 0 aliphatic heterocycles. The number of nitrogens with zero attached hydrogens (tertiary/aromatic N) is 2. The number of hydrogen-bond donors (Lipinski definition) is 3. The molecule has 0 aliphatic carbocycles. The van der Waals surface area contributed by atoms with Crippen LogP contribution in [0, 0.1) is 0 Å². The fourth-order valence-corrected chi connectivity index (χ4v) is 1.95. The van der Waals surface area contributed by atoms with Crippen LogP contribution < -0.4 is 15.4 Å². The maximum Gasteiger partial charge on any atom is 0.287 e. The molecule has 134 valence electrons. The predicted molar refractivity (Wildman–Crippen MR) is 88.2 cm³/mol. The molecule has 9 heteroatoms. The van der Waals surface area contributed by atoms with Crippen LogP contribution in [0.1, 0.15) is 19.5 Å². The van der Waals surface area contributed by atoms with Crippen LogP contribution in [0.4, 0.5) is 26.1 Å². The number of amides is 1. The first kappa shape index (κ1) is 18.5. The number of nitrogens with one attached hydrogen (secondary N) is 2. The third-order valence-electron chi connectivity index (χ3n) is 2.98. The van der Waals surface area contributed by atoms with Gasteiger partial charge in [-0.1, -0.05) is 6.07 Å². The van der Waals surface area contributed by atoms with Gasteiger partial charge in [-0.3, -0.25) is 4.79 Å². The molecule has 0 spiro atoms. The SMILES string of the molecule is CC(=O)Nc1cc(Nc2cccc(C(C)(F)F)n2)c(OCCO)cn1. The first-order chi connectivity index (χ1) is 11.8. The zero-order chi connectivity index (χ0) is 18.4. The van der Waals surface area contributed by atoms with E-state index < -0.39 is 5.92 Å². The van der Waals surface area contributed by atoms with Gasteiger partial charge in [0.1, 0.15) is 23.9 Å². The van der Waals surface area contributed by atoms with Gasteiger partial charge in [-0.05, 0) is 12.1 Å². The number of ether oxygens (including phenoxy) is 1. The second kappa shape index (κ2) is 7.84. The number of pyridine rings is 2. The number of anilines is 3. The maximum absolute atomic E-state index is 13.4. The number of rotatable bonds is 7. The van der Waals surface area contributed by atoms with Crippen molar-refractivity contribution in [3.05, 3.63) is 36.2 Å². The summed E-state index contributed by atoms with van der Waals surface area (Å²) in [5, 5.41) is 14.3. The van der Waals surface area contributed by atoms with Crippen LogP contribution in [0.5, 0.6) is 5.75 Å². The number of aliphatic hydroxyl groups is 1. The summed E-state index contributed by atoms with van der Waals surface area (Å²) in [4.78, 5) is 19.1. The van der Waals surface area contributed by atoms with Crippen LogP contribution in [0.15, 0.2) is 30.5 Å². The topological polar surface area (TPSA) is 96.4 Å². The Hall–Kier alpha value is -2.81. The Labute approximate surface area is 143 Å². The van der Waals surface area contributed by atoms with Crippen molar-refractivity contribution in [3.63, 3.8) is 0 Å². The molecule has 0 saturated carbocycles. The van der Waals surface area contributed by atoms with Gasteiger partial charge in [0.2, 0.25) is 5.91 Å². The smallest absolute Gasteiger partial charge is 0.287 e. The Morgan fingerprint density at radius 1 is 1.36 bits per heavy atom. The molecule has 2 aromatic rings. The normalized spacial score (nSPS) is 11.1. The third kappa shape index (κ3) is 5.35. The molecule has 3 N–H and O–H groups in total. The molecule has 0 radical (unpaired) electrons. The van der Waals surface area contributed by atoms with Gasteiger partial charge < -0.3 is 20.5 Å². The molecule has 0 aliphatic rings. The lowest BCUT2D eigenvalue weighted by atomic mass is 10.2. The Morgan fingerprint density at radius 2 is 2.12 bits per heavy atom. The molecule has 0 fully saturated rings. The van der Waals surface area contributed by atoms with Gasteiger partial charge in [0.15, 0.2) is 5.75 Å². The monoisotopic (exact) mass is 352 g/mol. The number of alkyl halides is 2. The van der Waals surface area contributed by atoms with Crippen molar-refractivity contribution in [2.24, 2.45) is 0 Å². The molecule has 2 heterocycles. The van der Waals surface area contributed by atoms with Crippen LogP contribution in [0.2, 0.25) is 0 Å². The number of aromatic nitrogens is 2. The standard InChI is InChI=1S/C16H18F2N4O3/c1-10(24)20-15-8-11(12(9-19-15)25-7-6-23)21-14-5-3-4-13(22-14)16(2,17)18/h3-5,8-9,23H,6-7H2,1-2H3,(H2,19,20,21,22,24). The number of carbonyl (C=O) groups is 1. The quantitative estimate of drug-likeness (QED) is 0.709. The highest BCUT2D eigenvalue weighted by Crippen LogP contribution is 2.30. The fourth-order valence-electron chi connectivity index (χ4n) is 1.95. The Morgan fingerprint density at radius 3 is 2.76 bits per heavy atom. The second-order valence-corrected chi connectivity index (χ2v) is 5.24. The zero-order valence-corrected chi connectivity index (χ0v) is 13.7. The van der Waals surface area contributed by atoms with Crippen molar-refractivity contribution >= 4 is 23.2 Å². The molecular formula is C16H18F2N4O3. The lowest BCUT2D eigenvalue weighted by Gasteiger charge is -2.15. The van der Waals surface area contributed by atoms with Crippen LogP contribution in [-0.4, -0.2) is 34.2 Å². The molecule has 0 atom stereocenters. The number of hydrogen-bond acceptors (Lipinski definition) is 6. The molecule has 0 unspecified atom stereocenters. The minimum Gasteiger partial charge on any atom is -0.487 e. The molecule has 2 aromatic heterocycles. The van der Waals surface area contributed by atoms with Gasteiger partial charge in [0, 0.05) is 19.9 Å². The predicted octanol–water partition coefficient (Wildman–Crippen LogP) is 2.66. The molecule has 0 aromatic carbocycles. The van der Waals surface area contributed by atoms with E-state index in [1.54, 1.807) is 0 Å². The van der Waals surface area contributed by atoms with E-state index in [0.29, 0.717) is 5.69 Å². The van der Waals surface area contributed by atoms with E-state index in [-0.39, 0.29) is 42.2 Å². The summed E-state index contributed by atoms with van der Waals surface area (Å²) in [6, 6.07) is 5.67. The minimum absolute atomic E-state index is 0.0241. The Bertz CT molecular complexity index is 750. The lowest BCUT2D eigenvalue weighted by Crippen LogP contribution is -2.12. The highest BCUT2D eigenvalue weighted by Gasteiger charge is 2.26. The molecule has 7 nitrogen and oxygen atoms in total. The summed E-state index contributed by atoms with van der Waals surface area (Å²) in [5.41, 5.74) is -0.0252. The van der Waals surface area contributed by atoms with Crippen molar-refractivity contribution in [2.45, 2.75) is 19.8 Å². The zero-order valence-electron chi connectivity index (χ0n) is 13.7. The molecular weight excluding hydrogens is 334 g/mol. The van der Waals surface area contributed by atoms with E-state index in [0.717, 1.165) is 6.92 Å². The van der Waals surface area contributed by atoms with E-state index in [4.69, 9.17) is 9.84 Å². The van der Waals surface area contributed by atoms with Crippen molar-refractivity contribution in [2.75, 3.05) is 23.8 Å². The van der Waals surface area contributed by atoms with Gasteiger partial charge in [-0.15, -0.1) is 0 Å². The average molecular weight is 352 g/mol. The van der Waals surface area contributed by atoms with Gasteiger partial charge in [0.25, 0.3) is 5.92 Å². The van der Waals surface area contributed by atoms with Gasteiger partial charge in [-0.2, -0.15) is 8.78 Å². The summed E-state index contributed by atoms with van der Waals surface area (Å²) in [6.45, 7) is 1.91. The van der Waals surface area contributed by atoms with Crippen LogP contribution in [0.3, 0.4) is 0 Å². The fraction of sp³-hybridized carbons (Fsp3) is 0.312. The largest absolute Gasteiger partial charge is 0.487 e. The van der Waals surface area contributed by atoms with E-state index in [1.165, 1.54) is 37.4 Å². The summed E-state index contributed by atoms with van der Waals surface area (Å²) in [7, 11) is 0. The van der Waals surface area contributed by atoms with E-state index in [2.05, 4.69) is 20.6 Å². The van der Waals surface area contributed by atoms with E-state index in [9.17, 15) is 13.6 Å². The summed E-state index contributed by atoms with van der Waals surface area (Å²) < 4.78 is 32.2. The highest BCUT2D eigenvalue weighted by molar-refractivity contribution is 5.88. The van der Waals surface area contributed by atoms with Crippen LogP contribution in [-0.2, 0) is 10.7 Å². The maximum atomic E-state index is 13.4. The molecule has 1 amide bonds.